The maximum Gasteiger partial charge on any atom is 0.191 e. The second-order valence-electron chi connectivity index (χ2n) is 4.68. The van der Waals surface area contributed by atoms with E-state index in [4.69, 9.17) is 4.74 Å². The van der Waals surface area contributed by atoms with Gasteiger partial charge in [-0.3, -0.25) is 4.99 Å². The van der Waals surface area contributed by atoms with Crippen molar-refractivity contribution in [3.63, 3.8) is 0 Å². The minimum absolute atomic E-state index is 0.765. The quantitative estimate of drug-likeness (QED) is 0.561. The zero-order valence-corrected chi connectivity index (χ0v) is 13.7. The molecule has 0 spiro atoms. The third kappa shape index (κ3) is 6.36. The van der Waals surface area contributed by atoms with Crippen LogP contribution in [0.1, 0.15) is 10.4 Å². The van der Waals surface area contributed by atoms with E-state index in [0.717, 1.165) is 38.7 Å². The van der Waals surface area contributed by atoms with E-state index in [1.807, 2.05) is 0 Å². The third-order valence-electron chi connectivity index (χ3n) is 3.07. The Hall–Kier alpha value is -1.11. The molecule has 20 heavy (non-hydrogen) atoms. The van der Waals surface area contributed by atoms with E-state index >= 15 is 0 Å². The predicted molar refractivity (Wildman–Crippen MR) is 86.6 cm³/mol. The van der Waals surface area contributed by atoms with Crippen molar-refractivity contribution < 1.29 is 4.74 Å². The molecule has 0 bridgehead atoms. The fraction of sp³-hybridized carbons (Fsp3) is 0.643. The van der Waals surface area contributed by atoms with Gasteiger partial charge in [-0.25, -0.2) is 0 Å². The summed E-state index contributed by atoms with van der Waals surface area (Å²) in [5.41, 5.74) is 1.33. The van der Waals surface area contributed by atoms with E-state index in [-0.39, 0.29) is 0 Å². The van der Waals surface area contributed by atoms with Gasteiger partial charge in [0.1, 0.15) is 0 Å². The van der Waals surface area contributed by atoms with Crippen molar-refractivity contribution in [2.24, 2.45) is 4.99 Å². The summed E-state index contributed by atoms with van der Waals surface area (Å²) in [4.78, 5) is 7.81. The van der Waals surface area contributed by atoms with Gasteiger partial charge in [-0.15, -0.1) is 11.3 Å². The van der Waals surface area contributed by atoms with Crippen LogP contribution in [0, 0.1) is 6.92 Å². The molecular formula is C14H26N4OS. The summed E-state index contributed by atoms with van der Waals surface area (Å²) in [6.45, 7) is 6.49. The van der Waals surface area contributed by atoms with Gasteiger partial charge in [-0.2, -0.15) is 0 Å². The molecule has 0 amide bonds. The molecule has 2 N–H and O–H groups in total. The van der Waals surface area contributed by atoms with E-state index in [9.17, 15) is 0 Å². The normalized spacial score (nSPS) is 11.9. The van der Waals surface area contributed by atoms with Crippen LogP contribution in [0.5, 0.6) is 0 Å². The van der Waals surface area contributed by atoms with E-state index in [1.54, 1.807) is 25.5 Å². The van der Waals surface area contributed by atoms with Crippen LogP contribution in [0.15, 0.2) is 16.4 Å². The average Bonchev–Trinajstić information content (AvgIpc) is 2.85. The lowest BCUT2D eigenvalue weighted by Crippen LogP contribution is -2.41. The molecule has 1 aromatic heterocycles. The molecule has 0 atom stereocenters. The van der Waals surface area contributed by atoms with Crippen molar-refractivity contribution >= 4 is 17.3 Å². The van der Waals surface area contributed by atoms with Crippen molar-refractivity contribution in [2.75, 3.05) is 47.4 Å². The van der Waals surface area contributed by atoms with Crippen molar-refractivity contribution in [1.29, 1.82) is 0 Å². The molecule has 1 rings (SSSR count). The molecule has 1 heterocycles. The summed E-state index contributed by atoms with van der Waals surface area (Å²) in [6.07, 6.45) is 0. The molecule has 6 heteroatoms. The predicted octanol–water partition coefficient (Wildman–Crippen LogP) is 1.30. The molecule has 0 saturated heterocycles. The van der Waals surface area contributed by atoms with Crippen molar-refractivity contribution in [1.82, 2.24) is 15.5 Å². The monoisotopic (exact) mass is 298 g/mol. The number of aliphatic imine (C=N–C) groups is 1. The second kappa shape index (κ2) is 9.74. The molecule has 5 nitrogen and oxygen atoms in total. The number of guanidine groups is 1. The van der Waals surface area contributed by atoms with Crippen LogP contribution in [0.2, 0.25) is 0 Å². The summed E-state index contributed by atoms with van der Waals surface area (Å²) in [5.74, 6) is 0.845. The zero-order chi connectivity index (χ0) is 14.8. The maximum absolute atomic E-state index is 5.06. The number of hydrogen-bond donors (Lipinski definition) is 2. The number of rotatable bonds is 8. The van der Waals surface area contributed by atoms with Gasteiger partial charge in [0.25, 0.3) is 0 Å². The smallest absolute Gasteiger partial charge is 0.191 e. The van der Waals surface area contributed by atoms with E-state index < -0.39 is 0 Å². The Morgan fingerprint density at radius 3 is 2.80 bits per heavy atom. The fourth-order valence-electron chi connectivity index (χ4n) is 1.69. The lowest BCUT2D eigenvalue weighted by Gasteiger charge is -2.17. The molecule has 0 fully saturated rings. The fourth-order valence-corrected chi connectivity index (χ4v) is 2.54. The first-order chi connectivity index (χ1) is 9.67. The highest BCUT2D eigenvalue weighted by molar-refractivity contribution is 7.10. The van der Waals surface area contributed by atoms with Gasteiger partial charge in [0.05, 0.1) is 13.2 Å². The SMILES string of the molecule is CN=C(NCCN(C)CCOC)NCc1sccc1C. The minimum atomic E-state index is 0.765. The van der Waals surface area contributed by atoms with Crippen LogP contribution in [0.3, 0.4) is 0 Å². The van der Waals surface area contributed by atoms with Gasteiger partial charge in [-0.05, 0) is 31.0 Å². The summed E-state index contributed by atoms with van der Waals surface area (Å²) in [7, 11) is 5.61. The van der Waals surface area contributed by atoms with Crippen LogP contribution in [0.25, 0.3) is 0 Å². The number of nitrogens with zero attached hydrogens (tertiary/aromatic N) is 2. The molecule has 0 aliphatic rings. The highest BCUT2D eigenvalue weighted by Gasteiger charge is 2.02. The minimum Gasteiger partial charge on any atom is -0.383 e. The number of likely N-dealkylation sites (N-methyl/N-ethyl adjacent to an activating group) is 1. The van der Waals surface area contributed by atoms with E-state index in [2.05, 4.69) is 45.9 Å². The molecule has 0 aromatic carbocycles. The third-order valence-corrected chi connectivity index (χ3v) is 4.09. The van der Waals surface area contributed by atoms with Gasteiger partial charge >= 0.3 is 0 Å². The maximum atomic E-state index is 5.06. The van der Waals surface area contributed by atoms with Crippen LogP contribution in [-0.2, 0) is 11.3 Å². The lowest BCUT2D eigenvalue weighted by molar-refractivity contribution is 0.162. The Morgan fingerprint density at radius 1 is 1.40 bits per heavy atom. The number of methoxy groups -OCH3 is 1. The van der Waals surface area contributed by atoms with Gasteiger partial charge in [-0.1, -0.05) is 0 Å². The van der Waals surface area contributed by atoms with Crippen LogP contribution < -0.4 is 10.6 Å². The molecular weight excluding hydrogens is 272 g/mol. The highest BCUT2D eigenvalue weighted by Crippen LogP contribution is 2.14. The van der Waals surface area contributed by atoms with Gasteiger partial charge in [0.2, 0.25) is 0 Å². The Kier molecular flexibility index (Phi) is 8.25. The first kappa shape index (κ1) is 16.9. The molecule has 0 aliphatic carbocycles. The molecule has 0 aliphatic heterocycles. The van der Waals surface area contributed by atoms with E-state index in [0.29, 0.717) is 0 Å². The van der Waals surface area contributed by atoms with Crippen molar-refractivity contribution in [2.45, 2.75) is 13.5 Å². The highest BCUT2D eigenvalue weighted by atomic mass is 32.1. The molecule has 1 aromatic rings. The largest absolute Gasteiger partial charge is 0.383 e. The van der Waals surface area contributed by atoms with Gasteiger partial charge in [0.15, 0.2) is 5.96 Å². The summed E-state index contributed by atoms with van der Waals surface area (Å²) < 4.78 is 5.06. The van der Waals surface area contributed by atoms with Gasteiger partial charge in [0, 0.05) is 38.7 Å². The Bertz CT molecular complexity index is 406. The Morgan fingerprint density at radius 2 is 2.20 bits per heavy atom. The first-order valence-electron chi connectivity index (χ1n) is 6.82. The van der Waals surface area contributed by atoms with Gasteiger partial charge < -0.3 is 20.3 Å². The van der Waals surface area contributed by atoms with Crippen LogP contribution >= 0.6 is 11.3 Å². The molecule has 0 unspecified atom stereocenters. The number of thiophene rings is 1. The molecule has 0 saturated carbocycles. The molecule has 0 radical (unpaired) electrons. The number of aryl methyl sites for hydroxylation is 1. The lowest BCUT2D eigenvalue weighted by atomic mass is 10.3. The first-order valence-corrected chi connectivity index (χ1v) is 7.70. The topological polar surface area (TPSA) is 48.9 Å². The zero-order valence-electron chi connectivity index (χ0n) is 12.9. The standard InChI is InChI=1S/C14H26N4OS/c1-12-5-10-20-13(12)11-17-14(15-2)16-6-7-18(3)8-9-19-4/h5,10H,6-9,11H2,1-4H3,(H2,15,16,17). The number of nitrogens with one attached hydrogen (secondary N) is 2. The van der Waals surface area contributed by atoms with Crippen LogP contribution in [-0.4, -0.2) is 58.3 Å². The number of ether oxygens (including phenoxy) is 1. The van der Waals surface area contributed by atoms with Crippen LogP contribution in [0.4, 0.5) is 0 Å². The Balaban J connectivity index is 2.22. The second-order valence-corrected chi connectivity index (χ2v) is 5.68. The summed E-state index contributed by atoms with van der Waals surface area (Å²) >= 11 is 1.77. The summed E-state index contributed by atoms with van der Waals surface area (Å²) in [6, 6.07) is 2.14. The summed E-state index contributed by atoms with van der Waals surface area (Å²) in [5, 5.41) is 8.77. The number of hydrogen-bond acceptors (Lipinski definition) is 4. The molecule has 114 valence electrons. The Labute approximate surface area is 126 Å². The van der Waals surface area contributed by atoms with E-state index in [1.165, 1.54) is 10.4 Å². The van der Waals surface area contributed by atoms with Crippen molar-refractivity contribution in [3.05, 3.63) is 21.9 Å². The van der Waals surface area contributed by atoms with Crippen molar-refractivity contribution in [3.8, 4) is 0 Å². The average molecular weight is 298 g/mol.